The molecule has 2 unspecified atom stereocenters. The largest absolute Gasteiger partial charge is 0.313 e. The fourth-order valence-corrected chi connectivity index (χ4v) is 2.35. The summed E-state index contributed by atoms with van der Waals surface area (Å²) in [5, 5.41) is 7.17. The number of nitrogens with one attached hydrogen (secondary N) is 2. The molecule has 0 saturated heterocycles. The van der Waals surface area contributed by atoms with Crippen molar-refractivity contribution >= 4 is 0 Å². The molecule has 0 amide bonds. The molecule has 0 aromatic heterocycles. The highest BCUT2D eigenvalue weighted by Gasteiger charge is 2.30. The average molecular weight is 212 g/mol. The summed E-state index contributed by atoms with van der Waals surface area (Å²) < 4.78 is 0. The van der Waals surface area contributed by atoms with Crippen LogP contribution in [0.2, 0.25) is 0 Å². The molecule has 15 heavy (non-hydrogen) atoms. The highest BCUT2D eigenvalue weighted by molar-refractivity contribution is 4.86. The predicted molar refractivity (Wildman–Crippen MR) is 67.2 cm³/mol. The maximum absolute atomic E-state index is 3.65. The van der Waals surface area contributed by atoms with Gasteiger partial charge in [0.2, 0.25) is 0 Å². The molecule has 0 aromatic carbocycles. The molecule has 0 spiro atoms. The molecular formula is C13H28N2. The molecule has 1 aliphatic carbocycles. The summed E-state index contributed by atoms with van der Waals surface area (Å²) in [5.74, 6) is 0. The van der Waals surface area contributed by atoms with Crippen molar-refractivity contribution in [1.29, 1.82) is 0 Å². The van der Waals surface area contributed by atoms with Crippen molar-refractivity contribution in [2.75, 3.05) is 13.1 Å². The molecule has 0 aromatic rings. The van der Waals surface area contributed by atoms with Crippen molar-refractivity contribution in [1.82, 2.24) is 10.6 Å². The Kier molecular flexibility index (Phi) is 5.07. The molecule has 0 bridgehead atoms. The van der Waals surface area contributed by atoms with Gasteiger partial charge < -0.3 is 10.6 Å². The SMILES string of the molecule is CCC(C)NCCNC1CCC(C)(C)C1. The van der Waals surface area contributed by atoms with Gasteiger partial charge in [0.1, 0.15) is 0 Å². The van der Waals surface area contributed by atoms with Crippen LogP contribution in [-0.4, -0.2) is 25.2 Å². The van der Waals surface area contributed by atoms with E-state index in [-0.39, 0.29) is 0 Å². The maximum Gasteiger partial charge on any atom is 0.00794 e. The third kappa shape index (κ3) is 4.98. The van der Waals surface area contributed by atoms with Gasteiger partial charge in [0.15, 0.2) is 0 Å². The standard InChI is InChI=1S/C13H28N2/c1-5-11(2)14-8-9-15-12-6-7-13(3,4)10-12/h11-12,14-15H,5-10H2,1-4H3. The molecule has 0 aliphatic heterocycles. The Morgan fingerprint density at radius 1 is 1.33 bits per heavy atom. The first-order valence-electron chi connectivity index (χ1n) is 6.50. The Bertz CT molecular complexity index is 177. The van der Waals surface area contributed by atoms with Gasteiger partial charge in [-0.15, -0.1) is 0 Å². The van der Waals surface area contributed by atoms with Gasteiger partial charge in [-0.1, -0.05) is 20.8 Å². The van der Waals surface area contributed by atoms with Crippen molar-refractivity contribution in [3.8, 4) is 0 Å². The third-order valence-corrected chi connectivity index (χ3v) is 3.63. The van der Waals surface area contributed by atoms with Crippen molar-refractivity contribution in [3.63, 3.8) is 0 Å². The fraction of sp³-hybridized carbons (Fsp3) is 1.00. The van der Waals surface area contributed by atoms with Crippen LogP contribution in [0.5, 0.6) is 0 Å². The molecule has 1 rings (SSSR count). The fourth-order valence-electron chi connectivity index (χ4n) is 2.35. The van der Waals surface area contributed by atoms with Crippen molar-refractivity contribution in [2.45, 2.75) is 65.5 Å². The van der Waals surface area contributed by atoms with Crippen LogP contribution in [0.4, 0.5) is 0 Å². The molecule has 90 valence electrons. The number of rotatable bonds is 6. The molecule has 1 saturated carbocycles. The summed E-state index contributed by atoms with van der Waals surface area (Å²) in [7, 11) is 0. The van der Waals surface area contributed by atoms with Gasteiger partial charge in [-0.2, -0.15) is 0 Å². The third-order valence-electron chi connectivity index (χ3n) is 3.63. The Balaban J connectivity index is 2.02. The van der Waals surface area contributed by atoms with Gasteiger partial charge in [0, 0.05) is 25.2 Å². The van der Waals surface area contributed by atoms with E-state index in [1.807, 2.05) is 0 Å². The lowest BCUT2D eigenvalue weighted by Crippen LogP contribution is -2.37. The molecule has 2 heteroatoms. The zero-order chi connectivity index (χ0) is 11.3. The van der Waals surface area contributed by atoms with Crippen LogP contribution in [0.3, 0.4) is 0 Å². The minimum absolute atomic E-state index is 0.571. The summed E-state index contributed by atoms with van der Waals surface area (Å²) in [6, 6.07) is 1.42. The van der Waals surface area contributed by atoms with E-state index in [9.17, 15) is 0 Å². The quantitative estimate of drug-likeness (QED) is 0.661. The smallest absolute Gasteiger partial charge is 0.00794 e. The lowest BCUT2D eigenvalue weighted by atomic mass is 9.92. The Morgan fingerprint density at radius 2 is 2.07 bits per heavy atom. The van der Waals surface area contributed by atoms with Gasteiger partial charge in [-0.05, 0) is 38.0 Å². The number of hydrogen-bond acceptors (Lipinski definition) is 2. The van der Waals surface area contributed by atoms with E-state index < -0.39 is 0 Å². The summed E-state index contributed by atoms with van der Waals surface area (Å²) >= 11 is 0. The van der Waals surface area contributed by atoms with E-state index in [0.29, 0.717) is 11.5 Å². The van der Waals surface area contributed by atoms with Gasteiger partial charge in [-0.25, -0.2) is 0 Å². The van der Waals surface area contributed by atoms with E-state index in [4.69, 9.17) is 0 Å². The van der Waals surface area contributed by atoms with Crippen LogP contribution in [0.25, 0.3) is 0 Å². The van der Waals surface area contributed by atoms with E-state index in [1.54, 1.807) is 0 Å². The Morgan fingerprint density at radius 3 is 2.60 bits per heavy atom. The minimum Gasteiger partial charge on any atom is -0.313 e. The molecule has 2 nitrogen and oxygen atoms in total. The molecule has 2 N–H and O–H groups in total. The predicted octanol–water partition coefficient (Wildman–Crippen LogP) is 2.54. The first-order valence-corrected chi connectivity index (χ1v) is 6.50. The summed E-state index contributed by atoms with van der Waals surface area (Å²) in [6.45, 7) is 11.5. The van der Waals surface area contributed by atoms with E-state index >= 15 is 0 Å². The highest BCUT2D eigenvalue weighted by Crippen LogP contribution is 2.36. The molecule has 0 heterocycles. The zero-order valence-corrected chi connectivity index (χ0v) is 10.9. The Labute approximate surface area is 95.2 Å². The summed E-state index contributed by atoms with van der Waals surface area (Å²) in [5.41, 5.74) is 0.571. The second-order valence-electron chi connectivity index (χ2n) is 5.82. The van der Waals surface area contributed by atoms with Gasteiger partial charge >= 0.3 is 0 Å². The first-order chi connectivity index (χ1) is 7.03. The molecular weight excluding hydrogens is 184 g/mol. The van der Waals surface area contributed by atoms with Crippen LogP contribution < -0.4 is 10.6 Å². The van der Waals surface area contributed by atoms with Crippen LogP contribution >= 0.6 is 0 Å². The van der Waals surface area contributed by atoms with Gasteiger partial charge in [0.05, 0.1) is 0 Å². The average Bonchev–Trinajstić information content (AvgIpc) is 2.52. The monoisotopic (exact) mass is 212 g/mol. The van der Waals surface area contributed by atoms with Gasteiger partial charge in [0.25, 0.3) is 0 Å². The van der Waals surface area contributed by atoms with Crippen LogP contribution in [-0.2, 0) is 0 Å². The lowest BCUT2D eigenvalue weighted by Gasteiger charge is -2.18. The highest BCUT2D eigenvalue weighted by atomic mass is 15.0. The van der Waals surface area contributed by atoms with E-state index in [2.05, 4.69) is 38.3 Å². The van der Waals surface area contributed by atoms with Gasteiger partial charge in [-0.3, -0.25) is 0 Å². The maximum atomic E-state index is 3.65. The number of hydrogen-bond donors (Lipinski definition) is 2. The van der Waals surface area contributed by atoms with Crippen LogP contribution in [0, 0.1) is 5.41 Å². The van der Waals surface area contributed by atoms with Crippen LogP contribution in [0.1, 0.15) is 53.4 Å². The van der Waals surface area contributed by atoms with E-state index in [0.717, 1.165) is 19.1 Å². The molecule has 2 atom stereocenters. The van der Waals surface area contributed by atoms with Crippen molar-refractivity contribution in [2.24, 2.45) is 5.41 Å². The Hall–Kier alpha value is -0.0800. The first kappa shape index (κ1) is 13.0. The molecule has 0 radical (unpaired) electrons. The molecule has 1 fully saturated rings. The van der Waals surface area contributed by atoms with Crippen LogP contribution in [0.15, 0.2) is 0 Å². The second-order valence-corrected chi connectivity index (χ2v) is 5.82. The summed E-state index contributed by atoms with van der Waals surface area (Å²) in [4.78, 5) is 0. The van der Waals surface area contributed by atoms with E-state index in [1.165, 1.54) is 25.7 Å². The van der Waals surface area contributed by atoms with Crippen molar-refractivity contribution < 1.29 is 0 Å². The second kappa shape index (κ2) is 5.86. The summed E-state index contributed by atoms with van der Waals surface area (Å²) in [6.07, 6.45) is 5.30. The normalized spacial score (nSPS) is 26.8. The zero-order valence-electron chi connectivity index (χ0n) is 10.9. The lowest BCUT2D eigenvalue weighted by molar-refractivity contribution is 0.363. The topological polar surface area (TPSA) is 24.1 Å². The van der Waals surface area contributed by atoms with Crippen molar-refractivity contribution in [3.05, 3.63) is 0 Å². The minimum atomic E-state index is 0.571. The molecule has 1 aliphatic rings.